The minimum Gasteiger partial charge on any atom is -0.265 e. The Morgan fingerprint density at radius 2 is 1.90 bits per heavy atom. The summed E-state index contributed by atoms with van der Waals surface area (Å²) in [6.07, 6.45) is -4.72. The maximum Gasteiger partial charge on any atom is 0.436 e. The Labute approximate surface area is 116 Å². The molecule has 0 saturated heterocycles. The highest BCUT2D eigenvalue weighted by Gasteiger charge is 2.40. The first-order valence-corrected chi connectivity index (χ1v) is 5.88. The smallest absolute Gasteiger partial charge is 0.265 e. The first-order chi connectivity index (χ1) is 9.12. The average molecular weight is 307 g/mol. The van der Waals surface area contributed by atoms with Crippen LogP contribution in [0.1, 0.15) is 27.6 Å². The average Bonchev–Trinajstić information content (AvgIpc) is 2.78. The number of aromatic nitrogens is 4. The lowest BCUT2D eigenvalue weighted by molar-refractivity contribution is -0.141. The number of halogens is 4. The number of carbonyl (C=O) groups excluding carboxylic acids is 1. The molecular weight excluding hydrogens is 297 g/mol. The van der Waals surface area contributed by atoms with E-state index >= 15 is 0 Å². The number of nitrogens with zero attached hydrogens (tertiary/aromatic N) is 4. The van der Waals surface area contributed by atoms with Gasteiger partial charge in [0.15, 0.2) is 5.69 Å². The third-order valence-electron chi connectivity index (χ3n) is 2.66. The number of aryl methyl sites for hydroxylation is 3. The molecule has 0 aliphatic carbocycles. The van der Waals surface area contributed by atoms with Gasteiger partial charge in [-0.3, -0.25) is 9.48 Å². The topological polar surface area (TPSA) is 52.7 Å². The van der Waals surface area contributed by atoms with E-state index in [2.05, 4.69) is 10.2 Å². The number of carbonyl (C=O) groups is 1. The van der Waals surface area contributed by atoms with Crippen LogP contribution < -0.4 is 0 Å². The first-order valence-electron chi connectivity index (χ1n) is 5.50. The van der Waals surface area contributed by atoms with Crippen molar-refractivity contribution in [3.05, 3.63) is 33.9 Å². The predicted octanol–water partition coefficient (Wildman–Crippen LogP) is 2.59. The standard InChI is InChI=1S/C11H10ClF3N4O/c1-5-4-6(2)19(16-5)10(20)8-7(12)9(11(13,14)15)17-18(8)3/h4H,1-3H3. The molecule has 0 unspecified atom stereocenters. The highest BCUT2D eigenvalue weighted by molar-refractivity contribution is 6.34. The van der Waals surface area contributed by atoms with Gasteiger partial charge in [-0.15, -0.1) is 0 Å². The minimum atomic E-state index is -4.72. The van der Waals surface area contributed by atoms with E-state index in [1.807, 2.05) is 0 Å². The van der Waals surface area contributed by atoms with Gasteiger partial charge in [0.1, 0.15) is 10.7 Å². The van der Waals surface area contributed by atoms with Crippen LogP contribution in [0.25, 0.3) is 0 Å². The maximum absolute atomic E-state index is 12.7. The van der Waals surface area contributed by atoms with Gasteiger partial charge in [-0.05, 0) is 19.9 Å². The molecule has 2 heterocycles. The van der Waals surface area contributed by atoms with Gasteiger partial charge in [-0.1, -0.05) is 11.6 Å². The number of rotatable bonds is 1. The third kappa shape index (κ3) is 2.31. The van der Waals surface area contributed by atoms with Crippen LogP contribution >= 0.6 is 11.6 Å². The Kier molecular flexibility index (Phi) is 3.37. The van der Waals surface area contributed by atoms with Crippen molar-refractivity contribution in [3.8, 4) is 0 Å². The van der Waals surface area contributed by atoms with Crippen molar-refractivity contribution in [1.82, 2.24) is 19.6 Å². The summed E-state index contributed by atoms with van der Waals surface area (Å²) in [5, 5.41) is 6.46. The van der Waals surface area contributed by atoms with Crippen molar-refractivity contribution in [2.45, 2.75) is 20.0 Å². The van der Waals surface area contributed by atoms with Crippen molar-refractivity contribution < 1.29 is 18.0 Å². The zero-order valence-corrected chi connectivity index (χ0v) is 11.5. The molecule has 0 radical (unpaired) electrons. The predicted molar refractivity (Wildman–Crippen MR) is 64.6 cm³/mol. The molecule has 20 heavy (non-hydrogen) atoms. The number of hydrogen-bond acceptors (Lipinski definition) is 3. The highest BCUT2D eigenvalue weighted by atomic mass is 35.5. The third-order valence-corrected chi connectivity index (χ3v) is 3.02. The van der Waals surface area contributed by atoms with E-state index < -0.39 is 22.8 Å². The van der Waals surface area contributed by atoms with Gasteiger partial charge in [0.2, 0.25) is 0 Å². The lowest BCUT2D eigenvalue weighted by atomic mass is 10.3. The van der Waals surface area contributed by atoms with Gasteiger partial charge in [0.25, 0.3) is 5.91 Å². The molecule has 2 aromatic rings. The number of hydrogen-bond donors (Lipinski definition) is 0. The molecule has 5 nitrogen and oxygen atoms in total. The Balaban J connectivity index is 2.57. The highest BCUT2D eigenvalue weighted by Crippen LogP contribution is 2.35. The molecule has 0 aliphatic rings. The molecular formula is C11H10ClF3N4O. The molecule has 108 valence electrons. The molecule has 2 aromatic heterocycles. The molecule has 0 spiro atoms. The zero-order chi connectivity index (χ0) is 15.2. The van der Waals surface area contributed by atoms with Crippen LogP contribution in [0.4, 0.5) is 13.2 Å². The van der Waals surface area contributed by atoms with E-state index in [9.17, 15) is 18.0 Å². The van der Waals surface area contributed by atoms with Crippen LogP contribution in [0, 0.1) is 13.8 Å². The van der Waals surface area contributed by atoms with E-state index in [1.165, 1.54) is 7.05 Å². The van der Waals surface area contributed by atoms with Crippen LogP contribution in [-0.2, 0) is 13.2 Å². The lowest BCUT2D eigenvalue weighted by Gasteiger charge is -2.04. The summed E-state index contributed by atoms with van der Waals surface area (Å²) >= 11 is 5.65. The molecule has 0 aliphatic heterocycles. The summed E-state index contributed by atoms with van der Waals surface area (Å²) in [4.78, 5) is 12.3. The second-order valence-electron chi connectivity index (χ2n) is 4.28. The number of alkyl halides is 3. The van der Waals surface area contributed by atoms with E-state index in [0.717, 1.165) is 9.36 Å². The van der Waals surface area contributed by atoms with E-state index in [4.69, 9.17) is 11.6 Å². The SMILES string of the molecule is Cc1cc(C)n(C(=O)c2c(Cl)c(C(F)(F)F)nn2C)n1. The van der Waals surface area contributed by atoms with Gasteiger partial charge < -0.3 is 0 Å². The van der Waals surface area contributed by atoms with Gasteiger partial charge in [-0.2, -0.15) is 28.1 Å². The molecule has 0 aromatic carbocycles. The van der Waals surface area contributed by atoms with Crippen LogP contribution in [0.3, 0.4) is 0 Å². The molecule has 0 amide bonds. The summed E-state index contributed by atoms with van der Waals surface area (Å²) < 4.78 is 39.9. The second kappa shape index (κ2) is 4.62. The van der Waals surface area contributed by atoms with Crippen molar-refractivity contribution >= 4 is 17.5 Å². The van der Waals surface area contributed by atoms with Crippen LogP contribution in [0.2, 0.25) is 5.02 Å². The van der Waals surface area contributed by atoms with Crippen LogP contribution in [-0.4, -0.2) is 25.5 Å². The Hall–Kier alpha value is -1.83. The van der Waals surface area contributed by atoms with Crippen molar-refractivity contribution in [2.75, 3.05) is 0 Å². The summed E-state index contributed by atoms with van der Waals surface area (Å²) in [6.45, 7) is 3.29. The van der Waals surface area contributed by atoms with Crippen LogP contribution in [0.15, 0.2) is 6.07 Å². The van der Waals surface area contributed by atoms with Gasteiger partial charge in [-0.25, -0.2) is 0 Å². The van der Waals surface area contributed by atoms with Gasteiger partial charge in [0, 0.05) is 12.7 Å². The Morgan fingerprint density at radius 1 is 1.30 bits per heavy atom. The van der Waals surface area contributed by atoms with Gasteiger partial charge >= 0.3 is 6.18 Å². The first kappa shape index (κ1) is 14.6. The summed E-state index contributed by atoms with van der Waals surface area (Å²) in [5.41, 5.74) is -0.569. The molecule has 0 N–H and O–H groups in total. The summed E-state index contributed by atoms with van der Waals surface area (Å²) in [7, 11) is 1.22. The van der Waals surface area contributed by atoms with E-state index in [-0.39, 0.29) is 5.69 Å². The van der Waals surface area contributed by atoms with Gasteiger partial charge in [0.05, 0.1) is 5.69 Å². The summed E-state index contributed by atoms with van der Waals surface area (Å²) in [6, 6.07) is 1.63. The molecule has 0 atom stereocenters. The minimum absolute atomic E-state index is 0.356. The Morgan fingerprint density at radius 3 is 2.30 bits per heavy atom. The molecule has 9 heteroatoms. The van der Waals surface area contributed by atoms with E-state index in [1.54, 1.807) is 19.9 Å². The monoisotopic (exact) mass is 306 g/mol. The van der Waals surface area contributed by atoms with Crippen LogP contribution in [0.5, 0.6) is 0 Å². The fourth-order valence-corrected chi connectivity index (χ4v) is 2.19. The molecule has 2 rings (SSSR count). The van der Waals surface area contributed by atoms with Crippen molar-refractivity contribution in [3.63, 3.8) is 0 Å². The summed E-state index contributed by atoms with van der Waals surface area (Å²) in [5.74, 6) is -0.758. The maximum atomic E-state index is 12.7. The van der Waals surface area contributed by atoms with Crippen molar-refractivity contribution in [2.24, 2.45) is 7.05 Å². The molecule has 0 fully saturated rings. The fourth-order valence-electron chi connectivity index (χ4n) is 1.85. The fraction of sp³-hybridized carbons (Fsp3) is 0.364. The molecule has 0 saturated carbocycles. The van der Waals surface area contributed by atoms with E-state index in [0.29, 0.717) is 11.4 Å². The zero-order valence-electron chi connectivity index (χ0n) is 10.8. The normalized spacial score (nSPS) is 11.9. The lowest BCUT2D eigenvalue weighted by Crippen LogP contribution is -2.19. The second-order valence-corrected chi connectivity index (χ2v) is 4.65. The largest absolute Gasteiger partial charge is 0.436 e. The quantitative estimate of drug-likeness (QED) is 0.814. The molecule has 0 bridgehead atoms. The Bertz CT molecular complexity index is 687. The van der Waals surface area contributed by atoms with Crippen molar-refractivity contribution in [1.29, 1.82) is 0 Å².